The lowest BCUT2D eigenvalue weighted by molar-refractivity contribution is -0.0498. The van der Waals surface area contributed by atoms with E-state index in [1.807, 2.05) is 12.1 Å². The van der Waals surface area contributed by atoms with Crippen molar-refractivity contribution in [1.29, 1.82) is 0 Å². The SMILES string of the molecule is CCCCCCCCC1CCC(CCc2ccc(-c3ccc(OC(F)F)cc3)cc2)CC1. The van der Waals surface area contributed by atoms with Gasteiger partial charge in [0, 0.05) is 0 Å². The minimum absolute atomic E-state index is 0.196. The molecule has 32 heavy (non-hydrogen) atoms. The highest BCUT2D eigenvalue weighted by atomic mass is 19.3. The number of hydrogen-bond acceptors (Lipinski definition) is 1. The molecule has 3 rings (SSSR count). The van der Waals surface area contributed by atoms with Gasteiger partial charge in [0.25, 0.3) is 0 Å². The summed E-state index contributed by atoms with van der Waals surface area (Å²) in [5.41, 5.74) is 3.51. The Hall–Kier alpha value is -1.90. The number of alkyl halides is 2. The molecule has 0 N–H and O–H groups in total. The van der Waals surface area contributed by atoms with Crippen LogP contribution in [0, 0.1) is 11.8 Å². The van der Waals surface area contributed by atoms with Crippen molar-refractivity contribution in [2.45, 2.75) is 97.0 Å². The first-order valence-corrected chi connectivity index (χ1v) is 12.8. The van der Waals surface area contributed by atoms with Crippen molar-refractivity contribution < 1.29 is 13.5 Å². The molecule has 0 heterocycles. The average Bonchev–Trinajstić information content (AvgIpc) is 2.81. The first-order valence-electron chi connectivity index (χ1n) is 12.8. The molecule has 176 valence electrons. The Kier molecular flexibility index (Phi) is 10.5. The monoisotopic (exact) mass is 442 g/mol. The van der Waals surface area contributed by atoms with E-state index in [4.69, 9.17) is 0 Å². The highest BCUT2D eigenvalue weighted by Crippen LogP contribution is 2.34. The molecule has 0 unspecified atom stereocenters. The summed E-state index contributed by atoms with van der Waals surface area (Å²) in [6.07, 6.45) is 18.0. The number of halogens is 2. The summed E-state index contributed by atoms with van der Waals surface area (Å²) in [5, 5.41) is 0. The van der Waals surface area contributed by atoms with Crippen LogP contribution in [-0.2, 0) is 6.42 Å². The van der Waals surface area contributed by atoms with Gasteiger partial charge < -0.3 is 4.74 Å². The summed E-state index contributed by atoms with van der Waals surface area (Å²) in [4.78, 5) is 0. The van der Waals surface area contributed by atoms with Crippen LogP contribution in [0.4, 0.5) is 8.78 Å². The van der Waals surface area contributed by atoms with E-state index in [0.29, 0.717) is 0 Å². The molecule has 0 atom stereocenters. The molecule has 0 aliphatic heterocycles. The first-order chi connectivity index (χ1) is 15.6. The molecule has 1 aliphatic carbocycles. The van der Waals surface area contributed by atoms with Crippen LogP contribution < -0.4 is 4.74 Å². The van der Waals surface area contributed by atoms with Crippen molar-refractivity contribution >= 4 is 0 Å². The highest BCUT2D eigenvalue weighted by Gasteiger charge is 2.20. The van der Waals surface area contributed by atoms with Gasteiger partial charge in [0.15, 0.2) is 0 Å². The van der Waals surface area contributed by atoms with Crippen LogP contribution in [0.25, 0.3) is 11.1 Å². The van der Waals surface area contributed by atoms with Crippen LogP contribution >= 0.6 is 0 Å². The third-order valence-electron chi connectivity index (χ3n) is 7.14. The number of hydrogen-bond donors (Lipinski definition) is 0. The second kappa shape index (κ2) is 13.6. The molecule has 0 aromatic heterocycles. The normalized spacial score (nSPS) is 18.8. The van der Waals surface area contributed by atoms with Gasteiger partial charge in [-0.3, -0.25) is 0 Å². The van der Waals surface area contributed by atoms with Gasteiger partial charge in [0.1, 0.15) is 5.75 Å². The lowest BCUT2D eigenvalue weighted by atomic mass is 9.77. The molecule has 0 spiro atoms. The standard InChI is InChI=1S/C29H40F2O/c1-2-3-4-5-6-7-8-23-9-11-24(12-10-23)13-14-25-15-17-26(18-16-25)27-19-21-28(22-20-27)32-29(30)31/h15-24,29H,2-14H2,1H3. The lowest BCUT2D eigenvalue weighted by Gasteiger charge is -2.28. The summed E-state index contributed by atoms with van der Waals surface area (Å²) in [6, 6.07) is 15.5. The fourth-order valence-electron chi connectivity index (χ4n) is 5.09. The Morgan fingerprint density at radius 3 is 1.84 bits per heavy atom. The van der Waals surface area contributed by atoms with E-state index < -0.39 is 6.61 Å². The zero-order valence-electron chi connectivity index (χ0n) is 19.7. The second-order valence-electron chi connectivity index (χ2n) is 9.58. The van der Waals surface area contributed by atoms with E-state index in [1.54, 1.807) is 12.1 Å². The Morgan fingerprint density at radius 2 is 1.25 bits per heavy atom. The Balaban J connectivity index is 1.34. The lowest BCUT2D eigenvalue weighted by Crippen LogP contribution is -2.15. The summed E-state index contributed by atoms with van der Waals surface area (Å²) >= 11 is 0. The smallest absolute Gasteiger partial charge is 0.387 e. The van der Waals surface area contributed by atoms with Crippen molar-refractivity contribution in [2.24, 2.45) is 11.8 Å². The molecule has 0 amide bonds. The summed E-state index contributed by atoms with van der Waals surface area (Å²) in [7, 11) is 0. The Bertz CT molecular complexity index is 746. The van der Waals surface area contributed by atoms with E-state index in [2.05, 4.69) is 35.9 Å². The van der Waals surface area contributed by atoms with E-state index in [9.17, 15) is 8.78 Å². The zero-order chi connectivity index (χ0) is 22.6. The van der Waals surface area contributed by atoms with Gasteiger partial charge in [0.05, 0.1) is 0 Å². The Labute approximate surface area is 193 Å². The van der Waals surface area contributed by atoms with Crippen molar-refractivity contribution in [3.05, 3.63) is 54.1 Å². The quantitative estimate of drug-likeness (QED) is 0.281. The fourth-order valence-corrected chi connectivity index (χ4v) is 5.09. The minimum Gasteiger partial charge on any atom is -0.435 e. The molecule has 2 aromatic rings. The minimum atomic E-state index is -2.78. The number of aryl methyl sites for hydroxylation is 1. The van der Waals surface area contributed by atoms with E-state index in [0.717, 1.165) is 29.4 Å². The number of ether oxygens (including phenoxy) is 1. The molecule has 0 saturated heterocycles. The molecule has 0 radical (unpaired) electrons. The highest BCUT2D eigenvalue weighted by molar-refractivity contribution is 5.64. The van der Waals surface area contributed by atoms with Crippen molar-refractivity contribution in [1.82, 2.24) is 0 Å². The molecule has 2 aromatic carbocycles. The number of rotatable bonds is 13. The second-order valence-corrected chi connectivity index (χ2v) is 9.58. The summed E-state index contributed by atoms with van der Waals surface area (Å²) in [6.45, 7) is -0.498. The van der Waals surface area contributed by atoms with Crippen LogP contribution in [-0.4, -0.2) is 6.61 Å². The average molecular weight is 443 g/mol. The maximum absolute atomic E-state index is 12.3. The van der Waals surface area contributed by atoms with Gasteiger partial charge in [-0.15, -0.1) is 0 Å². The van der Waals surface area contributed by atoms with Crippen LogP contribution in [0.3, 0.4) is 0 Å². The number of unbranched alkanes of at least 4 members (excludes halogenated alkanes) is 5. The molecule has 1 aliphatic rings. The van der Waals surface area contributed by atoms with Crippen molar-refractivity contribution in [3.8, 4) is 16.9 Å². The van der Waals surface area contributed by atoms with E-state index >= 15 is 0 Å². The van der Waals surface area contributed by atoms with Crippen LogP contribution in [0.1, 0.15) is 89.5 Å². The topological polar surface area (TPSA) is 9.23 Å². The molecule has 1 fully saturated rings. The molecule has 1 nitrogen and oxygen atoms in total. The molecule has 0 bridgehead atoms. The molecular weight excluding hydrogens is 402 g/mol. The van der Waals surface area contributed by atoms with Gasteiger partial charge in [-0.25, -0.2) is 0 Å². The van der Waals surface area contributed by atoms with Gasteiger partial charge in [-0.1, -0.05) is 114 Å². The van der Waals surface area contributed by atoms with E-state index in [1.165, 1.54) is 82.6 Å². The maximum atomic E-state index is 12.3. The Morgan fingerprint density at radius 1 is 0.719 bits per heavy atom. The van der Waals surface area contributed by atoms with Crippen molar-refractivity contribution in [2.75, 3.05) is 0 Å². The van der Waals surface area contributed by atoms with Gasteiger partial charge >= 0.3 is 6.61 Å². The molecular formula is C29H40F2O. The predicted octanol–water partition coefficient (Wildman–Crippen LogP) is 9.44. The van der Waals surface area contributed by atoms with Crippen molar-refractivity contribution in [3.63, 3.8) is 0 Å². The summed E-state index contributed by atoms with van der Waals surface area (Å²) in [5.74, 6) is 2.06. The van der Waals surface area contributed by atoms with Crippen LogP contribution in [0.2, 0.25) is 0 Å². The first kappa shape index (κ1) is 24.7. The predicted molar refractivity (Wildman–Crippen MR) is 130 cm³/mol. The zero-order valence-corrected chi connectivity index (χ0v) is 19.7. The largest absolute Gasteiger partial charge is 0.435 e. The van der Waals surface area contributed by atoms with E-state index in [-0.39, 0.29) is 5.75 Å². The number of benzene rings is 2. The maximum Gasteiger partial charge on any atom is 0.387 e. The molecule has 3 heteroatoms. The fraction of sp³-hybridized carbons (Fsp3) is 0.586. The van der Waals surface area contributed by atoms with Gasteiger partial charge in [-0.05, 0) is 53.5 Å². The summed E-state index contributed by atoms with van der Waals surface area (Å²) < 4.78 is 29.0. The van der Waals surface area contributed by atoms with Crippen LogP contribution in [0.15, 0.2) is 48.5 Å². The molecule has 1 saturated carbocycles. The third-order valence-corrected chi connectivity index (χ3v) is 7.14. The van der Waals surface area contributed by atoms with Crippen LogP contribution in [0.5, 0.6) is 5.75 Å². The third kappa shape index (κ3) is 8.56. The van der Waals surface area contributed by atoms with Gasteiger partial charge in [0.2, 0.25) is 0 Å². The van der Waals surface area contributed by atoms with Gasteiger partial charge in [-0.2, -0.15) is 8.78 Å².